The molecule has 1 aliphatic carbocycles. The Balaban J connectivity index is 1.39. The van der Waals surface area contributed by atoms with Gasteiger partial charge in [0.05, 0.1) is 13.7 Å². The molecule has 1 N–H and O–H groups in total. The molecule has 144 valence electrons. The molecular formula is C21H22N4O2S. The van der Waals surface area contributed by atoms with Crippen molar-refractivity contribution in [3.05, 3.63) is 69.7 Å². The first-order chi connectivity index (χ1) is 13.6. The third-order valence-corrected chi connectivity index (χ3v) is 5.93. The van der Waals surface area contributed by atoms with Crippen LogP contribution in [0.1, 0.15) is 38.4 Å². The Morgan fingerprint density at radius 1 is 1.21 bits per heavy atom. The minimum absolute atomic E-state index is 0.247. The van der Waals surface area contributed by atoms with Gasteiger partial charge in [-0.1, -0.05) is 35.6 Å². The molecule has 0 radical (unpaired) electrons. The summed E-state index contributed by atoms with van der Waals surface area (Å²) < 4.78 is 5.13. The van der Waals surface area contributed by atoms with E-state index in [4.69, 9.17) is 4.74 Å². The van der Waals surface area contributed by atoms with E-state index in [9.17, 15) is 4.79 Å². The van der Waals surface area contributed by atoms with Crippen LogP contribution in [0.5, 0.6) is 5.75 Å². The Hall–Kier alpha value is -2.77. The average molecular weight is 395 g/mol. The van der Waals surface area contributed by atoms with E-state index in [2.05, 4.69) is 51.7 Å². The summed E-state index contributed by atoms with van der Waals surface area (Å²) in [6, 6.07) is 16.2. The molecule has 1 aliphatic rings. The Morgan fingerprint density at radius 2 is 2.00 bits per heavy atom. The van der Waals surface area contributed by atoms with Crippen molar-refractivity contribution in [3.8, 4) is 5.75 Å². The van der Waals surface area contributed by atoms with Crippen molar-refractivity contribution in [1.82, 2.24) is 15.1 Å². The standard InChI is InChI=1S/C21H22N4O2S/c1-25(18-12-7-14-5-3-4-6-17(14)18)13-19-23-24-21(28-19)20(26)22-15-8-10-16(27-2)11-9-15/h3-6,8-11,18H,7,12-13H2,1-2H3,(H,22,26). The number of nitrogens with zero attached hydrogens (tertiary/aromatic N) is 3. The second-order valence-electron chi connectivity index (χ2n) is 6.85. The maximum absolute atomic E-state index is 12.4. The lowest BCUT2D eigenvalue weighted by Crippen LogP contribution is -2.22. The number of fused-ring (bicyclic) bond motifs is 1. The van der Waals surface area contributed by atoms with Gasteiger partial charge >= 0.3 is 0 Å². The lowest BCUT2D eigenvalue weighted by molar-refractivity contribution is 0.102. The largest absolute Gasteiger partial charge is 0.497 e. The molecule has 3 aromatic rings. The Labute approximate surface area is 168 Å². The quantitative estimate of drug-likeness (QED) is 0.686. The molecule has 2 aromatic carbocycles. The van der Waals surface area contributed by atoms with Gasteiger partial charge in [0, 0.05) is 11.7 Å². The third-order valence-electron chi connectivity index (χ3n) is 5.03. The number of anilines is 1. The number of benzene rings is 2. The van der Waals surface area contributed by atoms with Gasteiger partial charge in [-0.15, -0.1) is 10.2 Å². The smallest absolute Gasteiger partial charge is 0.286 e. The SMILES string of the molecule is COc1ccc(NC(=O)c2nnc(CN(C)C3CCc4ccccc43)s2)cc1. The molecule has 0 bridgehead atoms. The summed E-state index contributed by atoms with van der Waals surface area (Å²) in [6.45, 7) is 0.673. The van der Waals surface area contributed by atoms with Crippen LogP contribution in [0.3, 0.4) is 0 Å². The van der Waals surface area contributed by atoms with Crippen molar-refractivity contribution >= 4 is 22.9 Å². The number of rotatable bonds is 6. The molecule has 0 spiro atoms. The van der Waals surface area contributed by atoms with E-state index in [0.29, 0.717) is 23.3 Å². The summed E-state index contributed by atoms with van der Waals surface area (Å²) in [4.78, 5) is 14.7. The summed E-state index contributed by atoms with van der Waals surface area (Å²) in [6.07, 6.45) is 2.22. The lowest BCUT2D eigenvalue weighted by Gasteiger charge is -2.23. The molecular weight excluding hydrogens is 372 g/mol. The van der Waals surface area contributed by atoms with Crippen LogP contribution >= 0.6 is 11.3 Å². The molecule has 6 nitrogen and oxygen atoms in total. The highest BCUT2D eigenvalue weighted by atomic mass is 32.1. The summed E-state index contributed by atoms with van der Waals surface area (Å²) >= 11 is 1.34. The first-order valence-corrected chi connectivity index (χ1v) is 10.0. The van der Waals surface area contributed by atoms with E-state index in [1.54, 1.807) is 31.4 Å². The number of ether oxygens (including phenoxy) is 1. The number of methoxy groups -OCH3 is 1. The van der Waals surface area contributed by atoms with E-state index in [0.717, 1.165) is 23.6 Å². The molecule has 28 heavy (non-hydrogen) atoms. The van der Waals surface area contributed by atoms with Gasteiger partial charge in [-0.05, 0) is 55.3 Å². The highest BCUT2D eigenvalue weighted by Gasteiger charge is 2.26. The molecule has 0 aliphatic heterocycles. The van der Waals surface area contributed by atoms with Crippen molar-refractivity contribution in [2.24, 2.45) is 0 Å². The maximum Gasteiger partial charge on any atom is 0.286 e. The van der Waals surface area contributed by atoms with Gasteiger partial charge < -0.3 is 10.1 Å². The van der Waals surface area contributed by atoms with E-state index >= 15 is 0 Å². The van der Waals surface area contributed by atoms with Gasteiger partial charge in [-0.2, -0.15) is 0 Å². The second-order valence-corrected chi connectivity index (χ2v) is 7.91. The number of nitrogens with one attached hydrogen (secondary N) is 1. The van der Waals surface area contributed by atoms with Gasteiger partial charge in [-0.3, -0.25) is 9.69 Å². The van der Waals surface area contributed by atoms with E-state index in [-0.39, 0.29) is 5.91 Å². The lowest BCUT2D eigenvalue weighted by atomic mass is 10.1. The number of aromatic nitrogens is 2. The molecule has 1 heterocycles. The number of hydrogen-bond acceptors (Lipinski definition) is 6. The van der Waals surface area contributed by atoms with E-state index in [1.807, 2.05) is 0 Å². The summed E-state index contributed by atoms with van der Waals surface area (Å²) in [5.41, 5.74) is 3.52. The number of hydrogen-bond donors (Lipinski definition) is 1. The molecule has 1 atom stereocenters. The molecule has 1 aromatic heterocycles. The Kier molecular flexibility index (Phi) is 5.36. The molecule has 0 saturated carbocycles. The highest BCUT2D eigenvalue weighted by molar-refractivity contribution is 7.13. The zero-order valence-electron chi connectivity index (χ0n) is 15.9. The van der Waals surface area contributed by atoms with E-state index < -0.39 is 0 Å². The molecule has 0 fully saturated rings. The van der Waals surface area contributed by atoms with Crippen molar-refractivity contribution < 1.29 is 9.53 Å². The zero-order valence-corrected chi connectivity index (χ0v) is 16.7. The van der Waals surface area contributed by atoms with Gasteiger partial charge in [0.25, 0.3) is 5.91 Å². The van der Waals surface area contributed by atoms with Gasteiger partial charge in [0.1, 0.15) is 10.8 Å². The minimum atomic E-state index is -0.247. The monoisotopic (exact) mass is 394 g/mol. The van der Waals surface area contributed by atoms with Crippen LogP contribution in [0.2, 0.25) is 0 Å². The maximum atomic E-state index is 12.4. The highest BCUT2D eigenvalue weighted by Crippen LogP contribution is 2.35. The van der Waals surface area contributed by atoms with Crippen molar-refractivity contribution in [2.45, 2.75) is 25.4 Å². The van der Waals surface area contributed by atoms with Gasteiger partial charge in [0.15, 0.2) is 0 Å². The molecule has 4 rings (SSSR count). The molecule has 1 unspecified atom stereocenters. The van der Waals surface area contributed by atoms with Gasteiger partial charge in [-0.25, -0.2) is 0 Å². The Morgan fingerprint density at radius 3 is 2.79 bits per heavy atom. The Bertz CT molecular complexity index is 971. The molecule has 0 saturated heterocycles. The van der Waals surface area contributed by atoms with Crippen LogP contribution < -0.4 is 10.1 Å². The van der Waals surface area contributed by atoms with Crippen molar-refractivity contribution in [2.75, 3.05) is 19.5 Å². The van der Waals surface area contributed by atoms with Crippen LogP contribution in [-0.2, 0) is 13.0 Å². The predicted molar refractivity (Wildman–Crippen MR) is 110 cm³/mol. The fourth-order valence-electron chi connectivity index (χ4n) is 3.58. The number of amides is 1. The fourth-order valence-corrected chi connectivity index (χ4v) is 4.38. The zero-order chi connectivity index (χ0) is 19.5. The van der Waals surface area contributed by atoms with Crippen LogP contribution in [0.4, 0.5) is 5.69 Å². The summed E-state index contributed by atoms with van der Waals surface area (Å²) in [7, 11) is 3.71. The van der Waals surface area contributed by atoms with Crippen molar-refractivity contribution in [1.29, 1.82) is 0 Å². The van der Waals surface area contributed by atoms with Crippen LogP contribution in [-0.4, -0.2) is 35.2 Å². The van der Waals surface area contributed by atoms with Crippen LogP contribution in [0, 0.1) is 0 Å². The minimum Gasteiger partial charge on any atom is -0.497 e. The van der Waals surface area contributed by atoms with Crippen LogP contribution in [0.15, 0.2) is 48.5 Å². The van der Waals surface area contributed by atoms with Crippen LogP contribution in [0.25, 0.3) is 0 Å². The summed E-state index contributed by atoms with van der Waals surface area (Å²) in [5.74, 6) is 0.496. The average Bonchev–Trinajstić information content (AvgIpc) is 3.35. The molecule has 1 amide bonds. The number of aryl methyl sites for hydroxylation is 1. The fraction of sp³-hybridized carbons (Fsp3) is 0.286. The topological polar surface area (TPSA) is 67.3 Å². The van der Waals surface area contributed by atoms with E-state index in [1.165, 1.54) is 22.5 Å². The van der Waals surface area contributed by atoms with Crippen molar-refractivity contribution in [3.63, 3.8) is 0 Å². The predicted octanol–water partition coefficient (Wildman–Crippen LogP) is 3.92. The first kappa shape index (κ1) is 18.6. The van der Waals surface area contributed by atoms with Gasteiger partial charge in [0.2, 0.25) is 5.01 Å². The normalized spacial score (nSPS) is 15.5. The number of carbonyl (C=O) groups excluding carboxylic acids is 1. The third kappa shape index (κ3) is 3.90. The molecule has 7 heteroatoms. The number of carbonyl (C=O) groups is 1. The first-order valence-electron chi connectivity index (χ1n) is 9.20. The summed E-state index contributed by atoms with van der Waals surface area (Å²) in [5, 5.41) is 12.3. The second kappa shape index (κ2) is 8.08.